The first kappa shape index (κ1) is 3.95. The third kappa shape index (κ3) is 1.95. The second-order valence-corrected chi connectivity index (χ2v) is 0.681. The van der Waals surface area contributed by atoms with Crippen LogP contribution in [0.1, 0.15) is 1.43 Å². The lowest BCUT2D eigenvalue weighted by atomic mass is 11.8. The van der Waals surface area contributed by atoms with Gasteiger partial charge in [-0.3, -0.25) is 0 Å². The SMILES string of the molecule is O=[S+]CF.[H+]. The minimum absolute atomic E-state index is 0. The predicted octanol–water partition coefficient (Wildman–Crippen LogP) is 0.454. The predicted molar refractivity (Wildman–Crippen MR) is 15.1 cm³/mol. The molecule has 24 valence electrons. The summed E-state index contributed by atoms with van der Waals surface area (Å²) in [5.41, 5.74) is 0. The molecule has 0 bridgehead atoms. The monoisotopic (exact) mass is 82.0 g/mol. The Kier molecular flexibility index (Phi) is 2.91. The lowest BCUT2D eigenvalue weighted by Gasteiger charge is -1.27. The van der Waals surface area contributed by atoms with Crippen LogP contribution >= 0.6 is 0 Å². The van der Waals surface area contributed by atoms with E-state index in [1.807, 2.05) is 0 Å². The van der Waals surface area contributed by atoms with Gasteiger partial charge in [-0.2, -0.15) is 4.39 Å². The Bertz CT molecular complexity index is 25.6. The van der Waals surface area contributed by atoms with Crippen molar-refractivity contribution in [2.24, 2.45) is 0 Å². The molecular weight excluding hydrogens is 79.1 g/mol. The van der Waals surface area contributed by atoms with Gasteiger partial charge in [-0.25, -0.2) is 0 Å². The minimum Gasteiger partial charge on any atom is -0.177 e. The van der Waals surface area contributed by atoms with Gasteiger partial charge < -0.3 is 0 Å². The lowest BCUT2D eigenvalue weighted by Crippen LogP contribution is -1.55. The van der Waals surface area contributed by atoms with Crippen LogP contribution < -0.4 is 0 Å². The molecule has 0 aromatic heterocycles. The topological polar surface area (TPSA) is 17.1 Å². The molecule has 3 heteroatoms. The van der Waals surface area contributed by atoms with E-state index in [0.717, 1.165) is 0 Å². The first-order chi connectivity index (χ1) is 1.91. The maximum absolute atomic E-state index is 10.4. The van der Waals surface area contributed by atoms with Crippen molar-refractivity contribution in [3.63, 3.8) is 0 Å². The second-order valence-electron chi connectivity index (χ2n) is 0.227. The van der Waals surface area contributed by atoms with E-state index in [1.165, 1.54) is 0 Å². The number of halogens is 1. The van der Waals surface area contributed by atoms with Crippen molar-refractivity contribution in [2.45, 2.75) is 0 Å². The fraction of sp³-hybridized carbons (Fsp3) is 1.00. The zero-order valence-electron chi connectivity index (χ0n) is 2.90. The lowest BCUT2D eigenvalue weighted by molar-refractivity contribution is 0.562. The van der Waals surface area contributed by atoms with Gasteiger partial charge in [0.05, 0.1) is 0 Å². The van der Waals surface area contributed by atoms with E-state index >= 15 is 0 Å². The third-order valence-corrected chi connectivity index (χ3v) is 0.134. The van der Waals surface area contributed by atoms with Gasteiger partial charge in [0.25, 0.3) is 0 Å². The molecule has 0 aromatic rings. The number of hydrogen-bond acceptors (Lipinski definition) is 1. The molecule has 1 nitrogen and oxygen atoms in total. The van der Waals surface area contributed by atoms with Crippen LogP contribution in [0.4, 0.5) is 4.39 Å². The molecular formula is CH3FOS+2. The van der Waals surface area contributed by atoms with Crippen LogP contribution in [0.2, 0.25) is 0 Å². The molecule has 0 amide bonds. The van der Waals surface area contributed by atoms with Gasteiger partial charge in [-0.05, 0) is 0 Å². The molecule has 0 radical (unpaired) electrons. The molecule has 0 heterocycles. The summed E-state index contributed by atoms with van der Waals surface area (Å²) >= 11 is -0.0602. The van der Waals surface area contributed by atoms with Gasteiger partial charge in [0, 0.05) is 4.21 Å². The summed E-state index contributed by atoms with van der Waals surface area (Å²) < 4.78 is 19.2. The highest BCUT2D eigenvalue weighted by molar-refractivity contribution is 7.65. The summed E-state index contributed by atoms with van der Waals surface area (Å²) in [4.78, 5) is 0. The van der Waals surface area contributed by atoms with Crippen molar-refractivity contribution >= 4 is 11.7 Å². The molecule has 0 aromatic carbocycles. The second kappa shape index (κ2) is 2.95. The van der Waals surface area contributed by atoms with E-state index in [1.54, 1.807) is 0 Å². The standard InChI is InChI=1S/CH2FOS/c2-1-4-3/h1H2/q+1/p+1. The molecule has 0 atom stereocenters. The average molecular weight is 82.1 g/mol. The van der Waals surface area contributed by atoms with Gasteiger partial charge in [0.15, 0.2) is 0 Å². The van der Waals surface area contributed by atoms with E-state index < -0.39 is 6.01 Å². The Hall–Kier alpha value is -0.0500. The Morgan fingerprint density at radius 3 is 2.50 bits per heavy atom. The van der Waals surface area contributed by atoms with Gasteiger partial charge >= 0.3 is 19.1 Å². The van der Waals surface area contributed by atoms with Crippen molar-refractivity contribution < 1.29 is 10.0 Å². The molecule has 0 fully saturated rings. The minimum atomic E-state index is -0.819. The average Bonchev–Trinajstić information content (AvgIpc) is 1.37. The number of rotatable bonds is 1. The number of alkyl halides is 1. The summed E-state index contributed by atoms with van der Waals surface area (Å²) in [5, 5.41) is 0. The number of hydrogen-bond donors (Lipinski definition) is 0. The Balaban J connectivity index is 0. The van der Waals surface area contributed by atoms with E-state index in [-0.39, 0.29) is 13.1 Å². The molecule has 0 rings (SSSR count). The van der Waals surface area contributed by atoms with Crippen LogP contribution in [0, 0.1) is 0 Å². The maximum atomic E-state index is 10.4. The first-order valence-corrected chi connectivity index (χ1v) is 1.63. The van der Waals surface area contributed by atoms with E-state index in [2.05, 4.69) is 0 Å². The summed E-state index contributed by atoms with van der Waals surface area (Å²) in [6.45, 7) is 0. The van der Waals surface area contributed by atoms with Crippen molar-refractivity contribution in [1.82, 2.24) is 0 Å². The van der Waals surface area contributed by atoms with Crippen LogP contribution in [0.3, 0.4) is 0 Å². The zero-order chi connectivity index (χ0) is 3.41. The van der Waals surface area contributed by atoms with Gasteiger partial charge in [-0.15, -0.1) is 0 Å². The van der Waals surface area contributed by atoms with E-state index in [0.29, 0.717) is 0 Å². The Morgan fingerprint density at radius 2 is 2.50 bits per heavy atom. The summed E-state index contributed by atoms with van der Waals surface area (Å²) in [6.07, 6.45) is 0. The maximum Gasteiger partial charge on any atom is 1.00 e. The molecule has 0 N–H and O–H groups in total. The largest absolute Gasteiger partial charge is 1.00 e. The van der Waals surface area contributed by atoms with Crippen LogP contribution in [0.25, 0.3) is 0 Å². The first-order valence-electron chi connectivity index (χ1n) is 0.723. The normalized spacial score (nSPS) is 6.25. The fourth-order valence-electron chi connectivity index (χ4n) is 0. The zero-order valence-corrected chi connectivity index (χ0v) is 2.72. The molecule has 0 aliphatic carbocycles. The Morgan fingerprint density at radius 1 is 2.25 bits per heavy atom. The van der Waals surface area contributed by atoms with Crippen LogP contribution in [0.5, 0.6) is 0 Å². The van der Waals surface area contributed by atoms with Crippen molar-refractivity contribution in [1.29, 1.82) is 0 Å². The van der Waals surface area contributed by atoms with Crippen LogP contribution in [-0.2, 0) is 15.9 Å². The molecule has 0 unspecified atom stereocenters. The van der Waals surface area contributed by atoms with Crippen LogP contribution in [-0.4, -0.2) is 6.01 Å². The highest BCUT2D eigenvalue weighted by atomic mass is 32.1. The van der Waals surface area contributed by atoms with Gasteiger partial charge in [-0.1, -0.05) is 0 Å². The highest BCUT2D eigenvalue weighted by Crippen LogP contribution is 1.52. The smallest absolute Gasteiger partial charge is 0.177 e. The molecule has 4 heavy (non-hydrogen) atoms. The quantitative estimate of drug-likeness (QED) is 0.420. The highest BCUT2D eigenvalue weighted by Gasteiger charge is 1.82. The van der Waals surface area contributed by atoms with Crippen LogP contribution in [0.15, 0.2) is 0 Å². The molecule has 0 aliphatic rings. The fourth-order valence-corrected chi connectivity index (χ4v) is 0. The summed E-state index contributed by atoms with van der Waals surface area (Å²) in [7, 11) is 0. The Labute approximate surface area is 28.8 Å². The van der Waals surface area contributed by atoms with Crippen molar-refractivity contribution in [3.05, 3.63) is 0 Å². The molecule has 0 saturated heterocycles. The summed E-state index contributed by atoms with van der Waals surface area (Å²) in [5.74, 6) is 0. The molecule has 0 aliphatic heterocycles. The van der Waals surface area contributed by atoms with Crippen molar-refractivity contribution in [3.8, 4) is 0 Å². The third-order valence-electron chi connectivity index (χ3n) is 0.0445. The molecule has 0 spiro atoms. The summed E-state index contributed by atoms with van der Waals surface area (Å²) in [6, 6.07) is -0.819. The van der Waals surface area contributed by atoms with E-state index in [9.17, 15) is 4.39 Å². The van der Waals surface area contributed by atoms with Gasteiger partial charge in [0.2, 0.25) is 0 Å². The van der Waals surface area contributed by atoms with Crippen molar-refractivity contribution in [2.75, 3.05) is 6.01 Å². The van der Waals surface area contributed by atoms with E-state index in [4.69, 9.17) is 4.21 Å². The van der Waals surface area contributed by atoms with Gasteiger partial charge in [0.1, 0.15) is 0 Å². The molecule has 0 saturated carbocycles.